The van der Waals surface area contributed by atoms with Crippen LogP contribution in [0.15, 0.2) is 0 Å². The molecule has 0 aromatic rings. The van der Waals surface area contributed by atoms with Gasteiger partial charge in [0.1, 0.15) is 6.61 Å². The maximum absolute atomic E-state index is 12.3. The van der Waals surface area contributed by atoms with E-state index in [9.17, 15) is 9.90 Å². The van der Waals surface area contributed by atoms with Crippen LogP contribution in [-0.4, -0.2) is 84.4 Å². The minimum absolute atomic E-state index is 0.0780. The lowest BCUT2D eigenvalue weighted by atomic mass is 9.71. The third kappa shape index (κ3) is 5.41. The van der Waals surface area contributed by atoms with Crippen LogP contribution >= 0.6 is 0 Å². The summed E-state index contributed by atoms with van der Waals surface area (Å²) in [6.45, 7) is 7.05. The molecule has 0 radical (unpaired) electrons. The Kier molecular flexibility index (Phi) is 8.31. The van der Waals surface area contributed by atoms with Gasteiger partial charge in [-0.1, -0.05) is 6.42 Å². The Bertz CT molecular complexity index is 457. The summed E-state index contributed by atoms with van der Waals surface area (Å²) in [6, 6.07) is 0. The second-order valence-corrected chi connectivity index (χ2v) is 7.86. The predicted octanol–water partition coefficient (Wildman–Crippen LogP) is 1.20. The Labute approximate surface area is 156 Å². The molecule has 0 bridgehead atoms. The Balaban J connectivity index is 0.000000758. The van der Waals surface area contributed by atoms with Gasteiger partial charge in [0.15, 0.2) is 0 Å². The number of ether oxygens (including phenoxy) is 1. The first kappa shape index (κ1) is 21.1. The van der Waals surface area contributed by atoms with Gasteiger partial charge in [-0.3, -0.25) is 9.59 Å². The standard InChI is InChI=1S/C18H32N2O3.CH2O2/c1-2-23-12-17(22)20-9-4-8-18(14-20)13-19(10-7-16(18)21)11-15-5-3-6-15;2-1-3/h15-16,21H,2-14H2,1H3;1H,(H,2,3)/t16-,18-;/m1./s1. The molecule has 2 aliphatic heterocycles. The van der Waals surface area contributed by atoms with Crippen molar-refractivity contribution in [3.63, 3.8) is 0 Å². The van der Waals surface area contributed by atoms with Crippen LogP contribution in [0.25, 0.3) is 0 Å². The lowest BCUT2D eigenvalue weighted by Crippen LogP contribution is -2.60. The molecule has 7 heteroatoms. The molecule has 3 aliphatic rings. The third-order valence-electron chi connectivity index (χ3n) is 6.10. The molecule has 1 aliphatic carbocycles. The predicted molar refractivity (Wildman–Crippen MR) is 97.8 cm³/mol. The summed E-state index contributed by atoms with van der Waals surface area (Å²) in [5.41, 5.74) is -0.123. The summed E-state index contributed by atoms with van der Waals surface area (Å²) < 4.78 is 5.28. The van der Waals surface area contributed by atoms with Crippen LogP contribution in [0.1, 0.15) is 45.4 Å². The van der Waals surface area contributed by atoms with E-state index in [1.165, 1.54) is 25.8 Å². The van der Waals surface area contributed by atoms with Crippen molar-refractivity contribution in [1.29, 1.82) is 0 Å². The van der Waals surface area contributed by atoms with Crippen LogP contribution in [0.3, 0.4) is 0 Å². The minimum atomic E-state index is -0.275. The Morgan fingerprint density at radius 3 is 2.58 bits per heavy atom. The van der Waals surface area contributed by atoms with E-state index in [-0.39, 0.29) is 30.5 Å². The number of amides is 1. The highest BCUT2D eigenvalue weighted by Crippen LogP contribution is 2.40. The number of carboxylic acid groups (broad SMARTS) is 1. The highest BCUT2D eigenvalue weighted by atomic mass is 16.5. The number of aliphatic hydroxyl groups excluding tert-OH is 1. The largest absolute Gasteiger partial charge is 0.483 e. The van der Waals surface area contributed by atoms with Crippen molar-refractivity contribution in [2.24, 2.45) is 11.3 Å². The van der Waals surface area contributed by atoms with Gasteiger partial charge in [0.05, 0.1) is 6.10 Å². The van der Waals surface area contributed by atoms with Crippen LogP contribution in [-0.2, 0) is 14.3 Å². The molecule has 0 aromatic heterocycles. The fourth-order valence-electron chi connectivity index (χ4n) is 4.49. The van der Waals surface area contributed by atoms with E-state index in [2.05, 4.69) is 4.90 Å². The molecule has 0 aromatic carbocycles. The number of likely N-dealkylation sites (tertiary alicyclic amines) is 2. The number of aliphatic hydroxyl groups is 1. The van der Waals surface area contributed by atoms with Gasteiger partial charge in [-0.05, 0) is 44.9 Å². The second-order valence-electron chi connectivity index (χ2n) is 7.86. The lowest BCUT2D eigenvalue weighted by Gasteiger charge is -2.52. The van der Waals surface area contributed by atoms with Gasteiger partial charge in [-0.25, -0.2) is 0 Å². The number of carbonyl (C=O) groups is 2. The summed E-state index contributed by atoms with van der Waals surface area (Å²) in [5, 5.41) is 17.6. The molecule has 2 saturated heterocycles. The third-order valence-corrected chi connectivity index (χ3v) is 6.10. The molecular weight excluding hydrogens is 336 g/mol. The number of nitrogens with zero attached hydrogens (tertiary/aromatic N) is 2. The molecule has 7 nitrogen and oxygen atoms in total. The maximum Gasteiger partial charge on any atom is 0.290 e. The van der Waals surface area contributed by atoms with Gasteiger partial charge in [-0.15, -0.1) is 0 Å². The van der Waals surface area contributed by atoms with Gasteiger partial charge in [-0.2, -0.15) is 0 Å². The molecular formula is C19H34N2O5. The molecule has 2 atom stereocenters. The van der Waals surface area contributed by atoms with E-state index in [1.807, 2.05) is 11.8 Å². The smallest absolute Gasteiger partial charge is 0.290 e. The van der Waals surface area contributed by atoms with Crippen molar-refractivity contribution >= 4 is 12.4 Å². The zero-order valence-electron chi connectivity index (χ0n) is 15.9. The second kappa shape index (κ2) is 10.2. The molecule has 26 heavy (non-hydrogen) atoms. The summed E-state index contributed by atoms with van der Waals surface area (Å²) in [5.74, 6) is 0.941. The zero-order chi connectivity index (χ0) is 19.0. The van der Waals surface area contributed by atoms with Crippen molar-refractivity contribution in [2.75, 3.05) is 45.9 Å². The SMILES string of the molecule is CCOCC(=O)N1CCC[C@@]2(CN(CC3CCC3)CC[C@H]2O)C1.O=CO. The first-order valence-electron chi connectivity index (χ1n) is 9.88. The molecule has 0 unspecified atom stereocenters. The van der Waals surface area contributed by atoms with Gasteiger partial charge in [0, 0.05) is 44.7 Å². The van der Waals surface area contributed by atoms with E-state index in [0.29, 0.717) is 13.2 Å². The molecule has 2 heterocycles. The Morgan fingerprint density at radius 2 is 1.96 bits per heavy atom. The Hall–Kier alpha value is -1.18. The van der Waals surface area contributed by atoms with Gasteiger partial charge < -0.3 is 24.7 Å². The average Bonchev–Trinajstić information content (AvgIpc) is 2.60. The molecule has 3 fully saturated rings. The molecule has 150 valence electrons. The summed E-state index contributed by atoms with van der Waals surface area (Å²) in [6.07, 6.45) is 6.71. The fraction of sp³-hybridized carbons (Fsp3) is 0.895. The summed E-state index contributed by atoms with van der Waals surface area (Å²) in [4.78, 5) is 25.1. The fourth-order valence-corrected chi connectivity index (χ4v) is 4.49. The molecule has 1 spiro atoms. The van der Waals surface area contributed by atoms with Crippen LogP contribution in [0.2, 0.25) is 0 Å². The molecule has 3 rings (SSSR count). The van der Waals surface area contributed by atoms with Gasteiger partial charge >= 0.3 is 0 Å². The molecule has 1 amide bonds. The number of rotatable bonds is 5. The van der Waals surface area contributed by atoms with Crippen LogP contribution in [0.5, 0.6) is 0 Å². The van der Waals surface area contributed by atoms with E-state index in [1.54, 1.807) is 0 Å². The topological polar surface area (TPSA) is 90.3 Å². The monoisotopic (exact) mass is 370 g/mol. The van der Waals surface area contributed by atoms with E-state index in [0.717, 1.165) is 44.8 Å². The van der Waals surface area contributed by atoms with Crippen LogP contribution < -0.4 is 0 Å². The maximum atomic E-state index is 12.3. The first-order valence-corrected chi connectivity index (χ1v) is 9.88. The van der Waals surface area contributed by atoms with Crippen molar-refractivity contribution in [3.8, 4) is 0 Å². The molecule has 2 N–H and O–H groups in total. The van der Waals surface area contributed by atoms with Crippen molar-refractivity contribution in [3.05, 3.63) is 0 Å². The van der Waals surface area contributed by atoms with Gasteiger partial charge in [0.2, 0.25) is 5.91 Å². The molecule has 1 saturated carbocycles. The quantitative estimate of drug-likeness (QED) is 0.707. The van der Waals surface area contributed by atoms with Crippen LogP contribution in [0.4, 0.5) is 0 Å². The normalized spacial score (nSPS) is 29.6. The number of hydrogen-bond donors (Lipinski definition) is 2. The van der Waals surface area contributed by atoms with E-state index in [4.69, 9.17) is 14.6 Å². The minimum Gasteiger partial charge on any atom is -0.483 e. The zero-order valence-corrected chi connectivity index (χ0v) is 15.9. The highest BCUT2D eigenvalue weighted by molar-refractivity contribution is 5.77. The summed E-state index contributed by atoms with van der Waals surface area (Å²) in [7, 11) is 0. The Morgan fingerprint density at radius 1 is 1.23 bits per heavy atom. The van der Waals surface area contributed by atoms with Crippen molar-refractivity contribution in [1.82, 2.24) is 9.80 Å². The lowest BCUT2D eigenvalue weighted by molar-refractivity contribution is -0.146. The van der Waals surface area contributed by atoms with Gasteiger partial charge in [0.25, 0.3) is 6.47 Å². The first-order chi connectivity index (χ1) is 12.5. The summed E-state index contributed by atoms with van der Waals surface area (Å²) >= 11 is 0. The van der Waals surface area contributed by atoms with E-state index >= 15 is 0 Å². The van der Waals surface area contributed by atoms with Crippen molar-refractivity contribution < 1.29 is 24.5 Å². The van der Waals surface area contributed by atoms with Crippen molar-refractivity contribution in [2.45, 2.75) is 51.6 Å². The number of piperidine rings is 2. The van der Waals surface area contributed by atoms with Crippen LogP contribution in [0, 0.1) is 11.3 Å². The highest BCUT2D eigenvalue weighted by Gasteiger charge is 2.46. The number of hydrogen-bond acceptors (Lipinski definition) is 5. The number of carbonyl (C=O) groups excluding carboxylic acids is 1. The average molecular weight is 370 g/mol. The van der Waals surface area contributed by atoms with E-state index < -0.39 is 0 Å².